The minimum absolute atomic E-state index is 0. The van der Waals surface area contributed by atoms with Crippen LogP contribution in [0.1, 0.15) is 0 Å². The molecule has 0 heterocycles. The molecule has 0 spiro atoms. The monoisotopic (exact) mass is 989 g/mol. The van der Waals surface area contributed by atoms with Crippen molar-refractivity contribution in [2.24, 2.45) is 30.7 Å². The Morgan fingerprint density at radius 2 is 0.940 bits per heavy atom. The van der Waals surface area contributed by atoms with Crippen LogP contribution in [0.3, 0.4) is 0 Å². The van der Waals surface area contributed by atoms with Crippen LogP contribution in [-0.4, -0.2) is 57.0 Å². The maximum atomic E-state index is 12.7. The fraction of sp³-hybridized carbons (Fsp3) is 0. The third-order valence-corrected chi connectivity index (χ3v) is 13.2. The maximum absolute atomic E-state index is 12.7. The Balaban J connectivity index is 0.00000666. The second-order valence-electron chi connectivity index (χ2n) is 14.1. The fourth-order valence-electron chi connectivity index (χ4n) is 6.70. The molecule has 0 aliphatic heterocycles. The second-order valence-corrected chi connectivity index (χ2v) is 19.7. The zero-order chi connectivity index (χ0) is 47.2. The van der Waals surface area contributed by atoms with E-state index in [1.54, 1.807) is 24.3 Å². The van der Waals surface area contributed by atoms with Gasteiger partial charge in [-0.3, -0.25) is 13.7 Å². The van der Waals surface area contributed by atoms with E-state index in [4.69, 9.17) is 0 Å². The van der Waals surface area contributed by atoms with Crippen LogP contribution in [0.15, 0.2) is 190 Å². The van der Waals surface area contributed by atoms with E-state index >= 15 is 0 Å². The molecule has 0 saturated heterocycles. The number of fused-ring (bicyclic) bond motifs is 3. The van der Waals surface area contributed by atoms with E-state index in [0.717, 1.165) is 48.2 Å². The number of para-hydroxylation sites is 1. The van der Waals surface area contributed by atoms with Crippen molar-refractivity contribution < 1.29 is 86.5 Å². The van der Waals surface area contributed by atoms with Crippen molar-refractivity contribution in [2.75, 3.05) is 5.32 Å². The number of hydrogen-bond donors (Lipinski definition) is 5. The van der Waals surface area contributed by atoms with Crippen molar-refractivity contribution in [1.82, 2.24) is 0 Å². The third kappa shape index (κ3) is 10.7. The first-order valence-corrected chi connectivity index (χ1v) is 24.4. The molecule has 0 unspecified atom stereocenters. The maximum Gasteiger partial charge on any atom is 1.00 e. The first kappa shape index (κ1) is 48.5. The van der Waals surface area contributed by atoms with Gasteiger partial charge in [0, 0.05) is 38.3 Å². The third-order valence-electron chi connectivity index (χ3n) is 9.77. The molecule has 0 atom stereocenters. The number of hydrogen-bond acceptors (Lipinski definition) is 17. The molecule has 8 aromatic carbocycles. The summed E-state index contributed by atoms with van der Waals surface area (Å²) in [6.45, 7) is 0. The zero-order valence-electron chi connectivity index (χ0n) is 34.1. The van der Waals surface area contributed by atoms with E-state index in [1.165, 1.54) is 54.6 Å². The molecular weight excluding hydrogens is 962 g/mol. The average Bonchev–Trinajstić information content (AvgIpc) is 3.26. The molecule has 0 radical (unpaired) electrons. The van der Waals surface area contributed by atoms with Gasteiger partial charge in [0.1, 0.15) is 20.7 Å². The topological polar surface area (TPSA) is 327 Å². The van der Waals surface area contributed by atoms with Gasteiger partial charge in [-0.2, -0.15) is 30.4 Å². The molecule has 8 aromatic rings. The van der Waals surface area contributed by atoms with E-state index in [0.29, 0.717) is 5.69 Å². The number of anilines is 2. The van der Waals surface area contributed by atoms with Crippen LogP contribution >= 0.6 is 0 Å². The standard InChI is InChI=1S/C42H29N7O13S4.Na/c50-42-31-12-9-26(43-25-5-2-1-3-6-25)19-24(31)20-40(66(60,61)62)41(42)49-48-37-16-18-39(35-23-30(65(57,58)59)11-14-33(35)37)47-46-38-17-15-36(32-13-10-29(22-34(32)38)64(54,55)56)45-44-27-7-4-8-28(21-27)63(51,52)53;/h1-23,43,50H,(H,51,52,53)(H,54,55,56)(H,57,58,59)(H,60,61,62);/q;+1/p-1. The van der Waals surface area contributed by atoms with E-state index in [1.807, 2.05) is 18.2 Å². The summed E-state index contributed by atoms with van der Waals surface area (Å²) >= 11 is 0. The van der Waals surface area contributed by atoms with Crippen molar-refractivity contribution in [1.29, 1.82) is 0 Å². The fourth-order valence-corrected chi connectivity index (χ4v) is 8.88. The Kier molecular flexibility index (Phi) is 13.5. The SMILES string of the molecule is O=S(=O)([O-])c1ccc2c(N=Nc3c(S(=O)(=O)O)cc4cc(Nc5ccccc5)ccc4c3O)ccc(N=Nc3ccc(N=Nc4cccc(S(=O)(=O)O)c4)c4ccc(S(=O)(=O)O)cc34)c2c1.[Na+]. The van der Waals surface area contributed by atoms with Crippen molar-refractivity contribution in [3.05, 3.63) is 140 Å². The van der Waals surface area contributed by atoms with Gasteiger partial charge in [-0.25, -0.2) is 8.42 Å². The molecule has 334 valence electrons. The molecule has 0 aromatic heterocycles. The molecule has 0 saturated carbocycles. The van der Waals surface area contributed by atoms with Crippen LogP contribution in [0.5, 0.6) is 5.75 Å². The number of nitrogens with zero attached hydrogens (tertiary/aromatic N) is 6. The van der Waals surface area contributed by atoms with Crippen molar-refractivity contribution >= 4 is 118 Å². The number of aromatic hydroxyl groups is 1. The average molecular weight is 990 g/mol. The number of azo groups is 3. The normalized spacial score (nSPS) is 12.7. The molecule has 8 rings (SSSR count). The zero-order valence-corrected chi connectivity index (χ0v) is 39.3. The molecule has 67 heavy (non-hydrogen) atoms. The summed E-state index contributed by atoms with van der Waals surface area (Å²) < 4.78 is 139. The van der Waals surface area contributed by atoms with Crippen LogP contribution in [0.25, 0.3) is 32.3 Å². The Morgan fingerprint density at radius 1 is 0.433 bits per heavy atom. The van der Waals surface area contributed by atoms with E-state index in [-0.39, 0.29) is 90.3 Å². The summed E-state index contributed by atoms with van der Waals surface area (Å²) in [4.78, 5) is -2.44. The molecule has 5 N–H and O–H groups in total. The number of phenols is 1. The van der Waals surface area contributed by atoms with Crippen LogP contribution < -0.4 is 34.9 Å². The van der Waals surface area contributed by atoms with Gasteiger partial charge in [-0.1, -0.05) is 36.4 Å². The van der Waals surface area contributed by atoms with Gasteiger partial charge in [0.05, 0.1) is 43.1 Å². The minimum Gasteiger partial charge on any atom is -0.744 e. The number of benzene rings is 8. The van der Waals surface area contributed by atoms with Gasteiger partial charge in [-0.15, -0.1) is 25.6 Å². The van der Waals surface area contributed by atoms with Crippen LogP contribution in [0, 0.1) is 0 Å². The molecule has 0 aliphatic carbocycles. The van der Waals surface area contributed by atoms with E-state index in [9.17, 15) is 57.0 Å². The molecule has 20 nitrogen and oxygen atoms in total. The molecule has 0 bridgehead atoms. The molecular formula is C42H28N7NaO13S4. The van der Waals surface area contributed by atoms with Crippen molar-refractivity contribution in [3.63, 3.8) is 0 Å². The van der Waals surface area contributed by atoms with Gasteiger partial charge in [-0.05, 0) is 109 Å². The first-order valence-electron chi connectivity index (χ1n) is 18.6. The molecule has 0 amide bonds. The van der Waals surface area contributed by atoms with Gasteiger partial charge < -0.3 is 15.0 Å². The summed E-state index contributed by atoms with van der Waals surface area (Å²) in [5, 5.41) is 40.1. The van der Waals surface area contributed by atoms with Crippen LogP contribution in [0.2, 0.25) is 0 Å². The minimum atomic E-state index is -5.05. The number of phenolic OH excluding ortho intramolecular Hbond substituents is 1. The van der Waals surface area contributed by atoms with Gasteiger partial charge in [0.15, 0.2) is 5.75 Å². The quantitative estimate of drug-likeness (QED) is 0.0450. The van der Waals surface area contributed by atoms with Gasteiger partial charge in [0.2, 0.25) is 0 Å². The van der Waals surface area contributed by atoms with Gasteiger partial charge in [0.25, 0.3) is 30.4 Å². The Bertz CT molecular complexity index is 3880. The van der Waals surface area contributed by atoms with E-state index in [2.05, 4.69) is 36.0 Å². The van der Waals surface area contributed by atoms with Crippen molar-refractivity contribution in [3.8, 4) is 5.75 Å². The number of nitrogens with one attached hydrogen (secondary N) is 1. The summed E-state index contributed by atoms with van der Waals surface area (Å²) in [7, 11) is -19.4. The predicted molar refractivity (Wildman–Crippen MR) is 240 cm³/mol. The molecule has 0 fully saturated rings. The Labute approximate surface area is 402 Å². The molecule has 25 heteroatoms. The van der Waals surface area contributed by atoms with Crippen molar-refractivity contribution in [2.45, 2.75) is 19.6 Å². The Hall–Kier alpha value is -6.42. The Morgan fingerprint density at radius 3 is 1.51 bits per heavy atom. The summed E-state index contributed by atoms with van der Waals surface area (Å²) in [6, 6.07) is 31.8. The largest absolute Gasteiger partial charge is 1.00 e. The molecule has 0 aliphatic rings. The van der Waals surface area contributed by atoms with Crippen LogP contribution in [0.4, 0.5) is 45.5 Å². The summed E-state index contributed by atoms with van der Waals surface area (Å²) in [6.07, 6.45) is 0. The predicted octanol–water partition coefficient (Wildman–Crippen LogP) is 7.49. The second kappa shape index (κ2) is 18.7. The van der Waals surface area contributed by atoms with Gasteiger partial charge >= 0.3 is 29.6 Å². The first-order chi connectivity index (χ1) is 31.1. The smallest absolute Gasteiger partial charge is 0.744 e. The van der Waals surface area contributed by atoms with E-state index < -0.39 is 71.5 Å². The van der Waals surface area contributed by atoms with Crippen LogP contribution in [-0.2, 0) is 40.5 Å². The summed E-state index contributed by atoms with van der Waals surface area (Å²) in [5.41, 5.74) is 0.648. The number of rotatable bonds is 12. The summed E-state index contributed by atoms with van der Waals surface area (Å²) in [5.74, 6) is -0.646.